The molecular formula is C24H25FN6O2S. The molecular weight excluding hydrogens is 455 g/mol. The molecule has 0 unspecified atom stereocenters. The van der Waals surface area contributed by atoms with Crippen molar-refractivity contribution in [1.29, 1.82) is 0 Å². The maximum atomic E-state index is 14.5. The van der Waals surface area contributed by atoms with E-state index in [2.05, 4.69) is 25.7 Å². The van der Waals surface area contributed by atoms with E-state index in [4.69, 9.17) is 26.4 Å². The zero-order chi connectivity index (χ0) is 23.5. The predicted octanol–water partition coefficient (Wildman–Crippen LogP) is 5.54. The molecule has 0 radical (unpaired) electrons. The van der Waals surface area contributed by atoms with Gasteiger partial charge in [0, 0.05) is 24.4 Å². The van der Waals surface area contributed by atoms with Crippen LogP contribution >= 0.6 is 12.2 Å². The summed E-state index contributed by atoms with van der Waals surface area (Å²) in [5.41, 5.74) is 1.08. The van der Waals surface area contributed by atoms with Gasteiger partial charge >= 0.3 is 0 Å². The van der Waals surface area contributed by atoms with Gasteiger partial charge in [0.05, 0.1) is 11.5 Å². The SMILES string of the molecule is Cc1cccc(O[C@H]2CC[C@](Cc3cccc(Nc4cc[nH]n4)n3)(c3n[nH]c(=S)o3)CC2)c1F. The summed E-state index contributed by atoms with van der Waals surface area (Å²) in [6.07, 6.45) is 5.22. The van der Waals surface area contributed by atoms with Crippen LogP contribution in [0, 0.1) is 17.6 Å². The van der Waals surface area contributed by atoms with E-state index in [0.717, 1.165) is 31.4 Å². The third-order valence-electron chi connectivity index (χ3n) is 6.31. The van der Waals surface area contributed by atoms with Crippen LogP contribution in [0.4, 0.5) is 16.0 Å². The molecule has 0 aliphatic heterocycles. The molecule has 34 heavy (non-hydrogen) atoms. The summed E-state index contributed by atoms with van der Waals surface area (Å²) in [6.45, 7) is 1.74. The smallest absolute Gasteiger partial charge is 0.284 e. The van der Waals surface area contributed by atoms with Crippen molar-refractivity contribution in [2.45, 2.75) is 50.5 Å². The first-order valence-electron chi connectivity index (χ1n) is 11.2. The molecule has 0 bridgehead atoms. The molecule has 1 saturated carbocycles. The number of hydrogen-bond donors (Lipinski definition) is 3. The van der Waals surface area contributed by atoms with Crippen molar-refractivity contribution in [3.8, 4) is 5.75 Å². The Morgan fingerprint density at radius 2 is 1.97 bits per heavy atom. The normalized spacial score (nSPS) is 20.2. The van der Waals surface area contributed by atoms with E-state index in [1.807, 2.05) is 30.3 Å². The van der Waals surface area contributed by atoms with Gasteiger partial charge in [-0.3, -0.25) is 5.10 Å². The minimum absolute atomic E-state index is 0.0908. The second kappa shape index (κ2) is 9.38. The van der Waals surface area contributed by atoms with Crippen LogP contribution in [0.5, 0.6) is 5.75 Å². The van der Waals surface area contributed by atoms with Crippen molar-refractivity contribution in [2.24, 2.45) is 0 Å². The second-order valence-corrected chi connectivity index (χ2v) is 9.05. The average molecular weight is 481 g/mol. The third kappa shape index (κ3) is 4.72. The molecule has 8 nitrogen and oxygen atoms in total. The van der Waals surface area contributed by atoms with Gasteiger partial charge in [0.2, 0.25) is 5.89 Å². The lowest BCUT2D eigenvalue weighted by Crippen LogP contribution is -2.38. The van der Waals surface area contributed by atoms with Gasteiger partial charge in [0.1, 0.15) is 5.82 Å². The second-order valence-electron chi connectivity index (χ2n) is 8.68. The van der Waals surface area contributed by atoms with Crippen LogP contribution in [0.25, 0.3) is 0 Å². The van der Waals surface area contributed by atoms with Gasteiger partial charge in [-0.05, 0) is 68.6 Å². The van der Waals surface area contributed by atoms with Crippen molar-refractivity contribution in [1.82, 2.24) is 25.4 Å². The number of nitrogens with zero attached hydrogens (tertiary/aromatic N) is 3. The molecule has 0 saturated heterocycles. The number of nitrogens with one attached hydrogen (secondary N) is 3. The number of aromatic amines is 2. The van der Waals surface area contributed by atoms with Crippen LogP contribution in [-0.2, 0) is 11.8 Å². The zero-order valence-electron chi connectivity index (χ0n) is 18.7. The minimum Gasteiger partial charge on any atom is -0.487 e. The van der Waals surface area contributed by atoms with Crippen molar-refractivity contribution in [3.63, 3.8) is 0 Å². The summed E-state index contributed by atoms with van der Waals surface area (Å²) >= 11 is 5.15. The van der Waals surface area contributed by atoms with Crippen LogP contribution in [0.3, 0.4) is 0 Å². The van der Waals surface area contributed by atoms with Crippen LogP contribution in [0.1, 0.15) is 42.8 Å². The molecule has 0 amide bonds. The molecule has 3 aromatic heterocycles. The first kappa shape index (κ1) is 22.3. The number of aryl methyl sites for hydroxylation is 1. The number of halogens is 1. The van der Waals surface area contributed by atoms with Gasteiger partial charge in [-0.25, -0.2) is 14.5 Å². The number of anilines is 2. The fourth-order valence-electron chi connectivity index (χ4n) is 4.53. The average Bonchev–Trinajstić information content (AvgIpc) is 3.51. The molecule has 3 N–H and O–H groups in total. The molecule has 1 fully saturated rings. The molecule has 1 aliphatic rings. The Bertz CT molecular complexity index is 1310. The number of rotatable bonds is 7. The summed E-state index contributed by atoms with van der Waals surface area (Å²) in [5.74, 6) is 1.97. The first-order chi connectivity index (χ1) is 16.5. The topological polar surface area (TPSA) is 105 Å². The molecule has 3 heterocycles. The summed E-state index contributed by atoms with van der Waals surface area (Å²) in [5, 5.41) is 17.2. The molecule has 0 atom stereocenters. The van der Waals surface area contributed by atoms with Gasteiger partial charge in [0.15, 0.2) is 17.4 Å². The predicted molar refractivity (Wildman–Crippen MR) is 127 cm³/mol. The molecule has 5 rings (SSSR count). The number of ether oxygens (including phenoxy) is 1. The highest BCUT2D eigenvalue weighted by Crippen LogP contribution is 2.42. The maximum absolute atomic E-state index is 14.5. The number of pyridine rings is 1. The summed E-state index contributed by atoms with van der Waals surface area (Å²) < 4.78 is 26.3. The lowest BCUT2D eigenvalue weighted by atomic mass is 9.70. The Balaban J connectivity index is 1.35. The Kier molecular flexibility index (Phi) is 6.14. The fraction of sp³-hybridized carbons (Fsp3) is 0.333. The highest BCUT2D eigenvalue weighted by atomic mass is 32.1. The Labute approximate surface area is 201 Å². The van der Waals surface area contributed by atoms with E-state index >= 15 is 0 Å². The third-order valence-corrected chi connectivity index (χ3v) is 6.49. The number of H-pyrrole nitrogens is 2. The van der Waals surface area contributed by atoms with E-state index < -0.39 is 5.41 Å². The van der Waals surface area contributed by atoms with Gasteiger partial charge in [-0.2, -0.15) is 5.10 Å². The van der Waals surface area contributed by atoms with Crippen molar-refractivity contribution in [2.75, 3.05) is 5.32 Å². The molecule has 176 valence electrons. The summed E-state index contributed by atoms with van der Waals surface area (Å²) in [6, 6.07) is 12.9. The van der Waals surface area contributed by atoms with E-state index in [-0.39, 0.29) is 16.8 Å². The van der Waals surface area contributed by atoms with E-state index in [1.165, 1.54) is 0 Å². The Morgan fingerprint density at radius 3 is 2.71 bits per heavy atom. The zero-order valence-corrected chi connectivity index (χ0v) is 19.5. The van der Waals surface area contributed by atoms with Gasteiger partial charge in [-0.1, -0.05) is 18.2 Å². The quantitative estimate of drug-likeness (QED) is 0.298. The fourth-order valence-corrected chi connectivity index (χ4v) is 4.66. The van der Waals surface area contributed by atoms with Gasteiger partial charge < -0.3 is 14.5 Å². The Morgan fingerprint density at radius 1 is 1.15 bits per heavy atom. The highest BCUT2D eigenvalue weighted by Gasteiger charge is 2.42. The lowest BCUT2D eigenvalue weighted by molar-refractivity contribution is 0.0992. The van der Waals surface area contributed by atoms with Crippen LogP contribution in [0.2, 0.25) is 0 Å². The summed E-state index contributed by atoms with van der Waals surface area (Å²) in [7, 11) is 0. The van der Waals surface area contributed by atoms with Crippen molar-refractivity contribution < 1.29 is 13.5 Å². The van der Waals surface area contributed by atoms with Crippen molar-refractivity contribution >= 4 is 23.9 Å². The lowest BCUT2D eigenvalue weighted by Gasteiger charge is -2.37. The highest BCUT2D eigenvalue weighted by molar-refractivity contribution is 7.71. The van der Waals surface area contributed by atoms with Crippen LogP contribution in [0.15, 0.2) is 53.1 Å². The molecule has 10 heteroatoms. The number of aromatic nitrogens is 5. The molecule has 1 aromatic carbocycles. The molecule has 0 spiro atoms. The van der Waals surface area contributed by atoms with E-state index in [0.29, 0.717) is 35.3 Å². The van der Waals surface area contributed by atoms with E-state index in [1.54, 1.807) is 25.3 Å². The number of hydrogen-bond acceptors (Lipinski definition) is 7. The largest absolute Gasteiger partial charge is 0.487 e. The molecule has 1 aliphatic carbocycles. The maximum Gasteiger partial charge on any atom is 0.284 e. The van der Waals surface area contributed by atoms with Gasteiger partial charge in [0.25, 0.3) is 4.84 Å². The summed E-state index contributed by atoms with van der Waals surface area (Å²) in [4.78, 5) is 5.02. The Hall–Kier alpha value is -3.53. The van der Waals surface area contributed by atoms with Crippen molar-refractivity contribution in [3.05, 3.63) is 76.5 Å². The monoisotopic (exact) mass is 480 g/mol. The number of benzene rings is 1. The van der Waals surface area contributed by atoms with Crippen LogP contribution < -0.4 is 10.1 Å². The first-order valence-corrected chi connectivity index (χ1v) is 11.6. The van der Waals surface area contributed by atoms with Gasteiger partial charge in [-0.15, -0.1) is 5.10 Å². The standard InChI is InChI=1S/C24H25FN6O2S/c1-15-4-2-6-18(21(15)25)32-17-8-11-24(12-9-17,22-30-31-23(34)33-22)14-16-5-3-7-19(27-16)28-20-10-13-26-29-20/h2-7,10,13,17H,8-9,11-12,14H2,1H3,(H,31,34)(H2,26,27,28,29)/t17-,24-. The molecule has 4 aromatic rings. The van der Waals surface area contributed by atoms with Crippen LogP contribution in [-0.4, -0.2) is 31.5 Å². The minimum atomic E-state index is -0.392. The van der Waals surface area contributed by atoms with E-state index in [9.17, 15) is 4.39 Å².